The molecule has 0 radical (unpaired) electrons. The van der Waals surface area contributed by atoms with Crippen molar-refractivity contribution in [1.29, 1.82) is 0 Å². The number of amides is 1. The Morgan fingerprint density at radius 2 is 1.83 bits per heavy atom. The van der Waals surface area contributed by atoms with E-state index in [2.05, 4.69) is 17.4 Å². The third-order valence-electron chi connectivity index (χ3n) is 3.53. The largest absolute Gasteiger partial charge is 0.495 e. The van der Waals surface area contributed by atoms with Crippen LogP contribution in [0.3, 0.4) is 0 Å². The van der Waals surface area contributed by atoms with Gasteiger partial charge < -0.3 is 14.8 Å². The summed E-state index contributed by atoms with van der Waals surface area (Å²) in [6, 6.07) is 15.3. The van der Waals surface area contributed by atoms with Gasteiger partial charge in [0.05, 0.1) is 17.4 Å². The zero-order chi connectivity index (χ0) is 16.8. The van der Waals surface area contributed by atoms with E-state index in [1.54, 1.807) is 19.2 Å². The Hall–Kier alpha value is -1.79. The topological polar surface area (TPSA) is 47.6 Å². The molecule has 3 rings (SSSR count). The molecule has 0 bridgehead atoms. The molecule has 1 heterocycles. The predicted molar refractivity (Wildman–Crippen MR) is 101 cm³/mol. The molecular formula is C18H19NO3S2. The van der Waals surface area contributed by atoms with Crippen LogP contribution in [0.4, 0.5) is 5.69 Å². The summed E-state index contributed by atoms with van der Waals surface area (Å²) < 4.78 is 11.3. The van der Waals surface area contributed by atoms with E-state index in [4.69, 9.17) is 9.47 Å². The zero-order valence-corrected chi connectivity index (χ0v) is 15.0. The van der Waals surface area contributed by atoms with Crippen molar-refractivity contribution >= 4 is 35.1 Å². The van der Waals surface area contributed by atoms with Crippen molar-refractivity contribution in [2.75, 3.05) is 30.5 Å². The Labute approximate surface area is 150 Å². The molecule has 1 saturated heterocycles. The van der Waals surface area contributed by atoms with Gasteiger partial charge in [0.15, 0.2) is 6.61 Å². The van der Waals surface area contributed by atoms with E-state index in [1.807, 2.05) is 47.8 Å². The Bertz CT molecular complexity index is 685. The van der Waals surface area contributed by atoms with Gasteiger partial charge in [-0.3, -0.25) is 4.79 Å². The highest BCUT2D eigenvalue weighted by atomic mass is 32.2. The molecule has 1 fully saturated rings. The summed E-state index contributed by atoms with van der Waals surface area (Å²) >= 11 is 3.94. The SMILES string of the molecule is COc1ccccc1NC(=O)COc1ccc(C2SCCS2)cc1. The number of ether oxygens (including phenoxy) is 2. The van der Waals surface area contributed by atoms with Crippen molar-refractivity contribution < 1.29 is 14.3 Å². The summed E-state index contributed by atoms with van der Waals surface area (Å²) in [5.74, 6) is 3.52. The first kappa shape index (κ1) is 17.0. The summed E-state index contributed by atoms with van der Waals surface area (Å²) in [6.07, 6.45) is 0. The molecule has 0 saturated carbocycles. The lowest BCUT2D eigenvalue weighted by atomic mass is 10.2. The molecule has 126 valence electrons. The van der Waals surface area contributed by atoms with Crippen molar-refractivity contribution in [3.63, 3.8) is 0 Å². The smallest absolute Gasteiger partial charge is 0.262 e. The van der Waals surface area contributed by atoms with E-state index in [0.29, 0.717) is 21.8 Å². The first-order valence-corrected chi connectivity index (χ1v) is 9.75. The number of para-hydroxylation sites is 2. The van der Waals surface area contributed by atoms with Crippen LogP contribution in [0, 0.1) is 0 Å². The number of rotatable bonds is 6. The molecule has 6 heteroatoms. The maximum atomic E-state index is 12.0. The van der Waals surface area contributed by atoms with Gasteiger partial charge in [-0.1, -0.05) is 24.3 Å². The molecule has 0 aliphatic carbocycles. The van der Waals surface area contributed by atoms with Crippen LogP contribution < -0.4 is 14.8 Å². The summed E-state index contributed by atoms with van der Waals surface area (Å²) in [5.41, 5.74) is 1.94. The average molecular weight is 361 g/mol. The molecule has 2 aromatic rings. The van der Waals surface area contributed by atoms with Crippen LogP contribution in [0.25, 0.3) is 0 Å². The van der Waals surface area contributed by atoms with Gasteiger partial charge in [0, 0.05) is 11.5 Å². The molecule has 24 heavy (non-hydrogen) atoms. The van der Waals surface area contributed by atoms with Crippen LogP contribution in [-0.2, 0) is 4.79 Å². The van der Waals surface area contributed by atoms with Gasteiger partial charge in [-0.05, 0) is 29.8 Å². The number of hydrogen-bond acceptors (Lipinski definition) is 5. The number of anilines is 1. The van der Waals surface area contributed by atoms with Crippen molar-refractivity contribution in [2.45, 2.75) is 4.58 Å². The summed E-state index contributed by atoms with van der Waals surface area (Å²) in [5, 5.41) is 2.79. The van der Waals surface area contributed by atoms with Crippen LogP contribution in [0.2, 0.25) is 0 Å². The minimum absolute atomic E-state index is 0.0374. The molecule has 1 N–H and O–H groups in total. The summed E-state index contributed by atoms with van der Waals surface area (Å²) in [7, 11) is 1.57. The maximum absolute atomic E-state index is 12.0. The van der Waals surface area contributed by atoms with Crippen LogP contribution in [-0.4, -0.2) is 31.1 Å². The molecule has 1 amide bonds. The van der Waals surface area contributed by atoms with Crippen LogP contribution >= 0.6 is 23.5 Å². The van der Waals surface area contributed by atoms with E-state index in [0.717, 1.165) is 0 Å². The average Bonchev–Trinajstić information content (AvgIpc) is 3.15. The molecule has 1 aliphatic heterocycles. The van der Waals surface area contributed by atoms with Crippen molar-refractivity contribution in [2.24, 2.45) is 0 Å². The number of methoxy groups -OCH3 is 1. The van der Waals surface area contributed by atoms with Gasteiger partial charge in [0.25, 0.3) is 5.91 Å². The van der Waals surface area contributed by atoms with Gasteiger partial charge in [0.1, 0.15) is 11.5 Å². The van der Waals surface area contributed by atoms with E-state index in [1.165, 1.54) is 17.1 Å². The normalized spacial score (nSPS) is 14.4. The number of nitrogens with one attached hydrogen (secondary N) is 1. The van der Waals surface area contributed by atoms with Crippen molar-refractivity contribution in [1.82, 2.24) is 0 Å². The van der Waals surface area contributed by atoms with Gasteiger partial charge in [-0.25, -0.2) is 0 Å². The fraction of sp³-hybridized carbons (Fsp3) is 0.278. The standard InChI is InChI=1S/C18H19NO3S2/c1-21-16-5-3-2-4-15(16)19-17(20)12-22-14-8-6-13(7-9-14)18-23-10-11-24-18/h2-9,18H,10-12H2,1H3,(H,19,20). The summed E-state index contributed by atoms with van der Waals surface area (Å²) in [6.45, 7) is -0.0374. The maximum Gasteiger partial charge on any atom is 0.262 e. The second-order valence-electron chi connectivity index (χ2n) is 5.18. The molecule has 0 atom stereocenters. The number of thioether (sulfide) groups is 2. The highest BCUT2D eigenvalue weighted by Crippen LogP contribution is 2.45. The third-order valence-corrected chi connectivity index (χ3v) is 6.63. The fourth-order valence-electron chi connectivity index (χ4n) is 2.36. The first-order valence-electron chi connectivity index (χ1n) is 7.65. The van der Waals surface area contributed by atoms with Gasteiger partial charge >= 0.3 is 0 Å². The molecule has 4 nitrogen and oxygen atoms in total. The number of carbonyl (C=O) groups is 1. The highest BCUT2D eigenvalue weighted by molar-refractivity contribution is 8.19. The molecule has 0 spiro atoms. The van der Waals surface area contributed by atoms with Crippen LogP contribution in [0.5, 0.6) is 11.5 Å². The Balaban J connectivity index is 1.52. The second-order valence-corrected chi connectivity index (χ2v) is 7.90. The summed E-state index contributed by atoms with van der Waals surface area (Å²) in [4.78, 5) is 12.0. The predicted octanol–water partition coefficient (Wildman–Crippen LogP) is 4.19. The van der Waals surface area contributed by atoms with E-state index >= 15 is 0 Å². The lowest BCUT2D eigenvalue weighted by Crippen LogP contribution is -2.20. The molecular weight excluding hydrogens is 342 g/mol. The number of carbonyl (C=O) groups excluding carboxylic acids is 1. The Kier molecular flexibility index (Phi) is 5.93. The third kappa shape index (κ3) is 4.39. The number of benzene rings is 2. The fourth-order valence-corrected chi connectivity index (χ4v) is 5.21. The quantitative estimate of drug-likeness (QED) is 0.836. The van der Waals surface area contributed by atoms with Crippen LogP contribution in [0.1, 0.15) is 10.1 Å². The van der Waals surface area contributed by atoms with Gasteiger partial charge in [-0.2, -0.15) is 0 Å². The molecule has 0 unspecified atom stereocenters. The van der Waals surface area contributed by atoms with Gasteiger partial charge in [0.2, 0.25) is 0 Å². The minimum atomic E-state index is -0.217. The lowest BCUT2D eigenvalue weighted by molar-refractivity contribution is -0.118. The first-order chi connectivity index (χ1) is 11.8. The van der Waals surface area contributed by atoms with Crippen LogP contribution in [0.15, 0.2) is 48.5 Å². The van der Waals surface area contributed by atoms with E-state index in [-0.39, 0.29) is 12.5 Å². The Morgan fingerprint density at radius 3 is 2.54 bits per heavy atom. The number of hydrogen-bond donors (Lipinski definition) is 1. The Morgan fingerprint density at radius 1 is 1.12 bits per heavy atom. The van der Waals surface area contributed by atoms with Crippen molar-refractivity contribution in [3.8, 4) is 11.5 Å². The molecule has 0 aromatic heterocycles. The lowest BCUT2D eigenvalue weighted by Gasteiger charge is -2.12. The van der Waals surface area contributed by atoms with E-state index < -0.39 is 0 Å². The zero-order valence-electron chi connectivity index (χ0n) is 13.4. The molecule has 2 aromatic carbocycles. The molecule has 1 aliphatic rings. The van der Waals surface area contributed by atoms with E-state index in [9.17, 15) is 4.79 Å². The minimum Gasteiger partial charge on any atom is -0.495 e. The van der Waals surface area contributed by atoms with Crippen molar-refractivity contribution in [3.05, 3.63) is 54.1 Å². The second kappa shape index (κ2) is 8.35. The monoisotopic (exact) mass is 361 g/mol. The van der Waals surface area contributed by atoms with Gasteiger partial charge in [-0.15, -0.1) is 23.5 Å². The highest BCUT2D eigenvalue weighted by Gasteiger charge is 2.18.